The van der Waals surface area contributed by atoms with Crippen LogP contribution in [-0.2, 0) is 20.2 Å². The summed E-state index contributed by atoms with van der Waals surface area (Å²) in [5.41, 5.74) is 0.813. The van der Waals surface area contributed by atoms with E-state index in [9.17, 15) is 26.4 Å². The van der Waals surface area contributed by atoms with Crippen molar-refractivity contribution in [2.24, 2.45) is 0 Å². The number of aromatic nitrogens is 4. The minimum absolute atomic E-state index is 0.257. The van der Waals surface area contributed by atoms with Gasteiger partial charge in [-0.05, 0) is 67.6 Å². The van der Waals surface area contributed by atoms with Crippen LogP contribution in [0.2, 0.25) is 0 Å². The van der Waals surface area contributed by atoms with Gasteiger partial charge in [-0.2, -0.15) is 16.8 Å². The van der Waals surface area contributed by atoms with Gasteiger partial charge in [0.1, 0.15) is 0 Å². The number of hydrogen-bond acceptors (Lipinski definition) is 6. The minimum Gasteiger partial charge on any atom is -0.295 e. The number of rotatable bonds is 7. The quantitative estimate of drug-likeness (QED) is 0.187. The molecule has 0 fully saturated rings. The van der Waals surface area contributed by atoms with E-state index in [0.717, 1.165) is 0 Å². The highest BCUT2D eigenvalue weighted by Crippen LogP contribution is 2.14. The zero-order chi connectivity index (χ0) is 28.5. The smallest absolute Gasteiger partial charge is 0.294 e. The van der Waals surface area contributed by atoms with Gasteiger partial charge in [0.25, 0.3) is 31.4 Å². The van der Waals surface area contributed by atoms with Crippen LogP contribution >= 0.6 is 0 Å². The molecule has 2 heterocycles. The fraction of sp³-hybridized carbons (Fsp3) is 0.0400. The summed E-state index contributed by atoms with van der Waals surface area (Å²) in [6.45, 7) is 5.51. The van der Waals surface area contributed by atoms with E-state index in [-0.39, 0.29) is 20.6 Å². The van der Waals surface area contributed by atoms with Crippen LogP contribution in [0.25, 0.3) is 30.1 Å². The Bertz CT molecular complexity index is 2060. The molecule has 4 N–H and O–H groups in total. The third-order valence-corrected chi connectivity index (χ3v) is 7.39. The Labute approximate surface area is 221 Å². The van der Waals surface area contributed by atoms with Crippen molar-refractivity contribution >= 4 is 39.0 Å². The molecule has 0 saturated heterocycles. The SMILES string of the molecule is C=c1[nH]n(-c2ccc(S(=O)(=O)O)cc2)c(=O)c1=CC=CC=Cc1c(C)[nH]n(-c2ccc(S(=O)(=O)O)cc2)c1=O. The van der Waals surface area contributed by atoms with Gasteiger partial charge in [-0.15, -0.1) is 0 Å². The zero-order valence-corrected chi connectivity index (χ0v) is 21.9. The normalized spacial score (nSPS) is 13.2. The van der Waals surface area contributed by atoms with Crippen LogP contribution in [0.15, 0.2) is 86.1 Å². The lowest BCUT2D eigenvalue weighted by Gasteiger charge is -2.02. The second-order valence-corrected chi connectivity index (χ2v) is 11.1. The van der Waals surface area contributed by atoms with Crippen molar-refractivity contribution in [1.82, 2.24) is 19.6 Å². The van der Waals surface area contributed by atoms with Gasteiger partial charge in [0.2, 0.25) is 0 Å². The van der Waals surface area contributed by atoms with Crippen LogP contribution in [0, 0.1) is 6.92 Å². The maximum absolute atomic E-state index is 12.8. The Morgan fingerprint density at radius 3 is 1.72 bits per heavy atom. The molecule has 4 aromatic rings. The maximum atomic E-state index is 12.8. The van der Waals surface area contributed by atoms with E-state index in [2.05, 4.69) is 16.8 Å². The van der Waals surface area contributed by atoms with Crippen molar-refractivity contribution in [2.45, 2.75) is 16.7 Å². The van der Waals surface area contributed by atoms with Gasteiger partial charge in [-0.1, -0.05) is 24.8 Å². The van der Waals surface area contributed by atoms with Gasteiger partial charge >= 0.3 is 0 Å². The summed E-state index contributed by atoms with van der Waals surface area (Å²) in [6, 6.07) is 10.2. The molecule has 4 rings (SSSR count). The van der Waals surface area contributed by atoms with Crippen molar-refractivity contribution in [3.63, 3.8) is 0 Å². The standard InChI is InChI=1S/C25H22N4O8S2/c1-16-22(24(30)28(26-16)18-8-12-20(13-9-18)38(32,33)34)6-4-3-5-7-23-17(2)27-29(25(23)31)19-10-14-21(15-11-19)39(35,36)37/h3-15,26-27H,1H2,2H3,(H,32,33,34)(H,35,36,37). The Balaban J connectivity index is 1.56. The van der Waals surface area contributed by atoms with Crippen molar-refractivity contribution < 1.29 is 25.9 Å². The van der Waals surface area contributed by atoms with Crippen molar-refractivity contribution in [1.29, 1.82) is 0 Å². The first-order valence-electron chi connectivity index (χ1n) is 11.1. The highest BCUT2D eigenvalue weighted by Gasteiger charge is 2.13. The first-order valence-corrected chi connectivity index (χ1v) is 14.0. The molecule has 0 aliphatic heterocycles. The fourth-order valence-corrected chi connectivity index (χ4v) is 4.65. The van der Waals surface area contributed by atoms with Gasteiger partial charge in [-0.25, -0.2) is 9.36 Å². The Morgan fingerprint density at radius 1 is 0.744 bits per heavy atom. The number of nitrogens with one attached hydrogen (secondary N) is 2. The number of benzene rings is 2. The summed E-state index contributed by atoms with van der Waals surface area (Å²) in [5, 5.41) is 6.28. The number of nitrogens with zero attached hydrogens (tertiary/aromatic N) is 2. The molecule has 202 valence electrons. The summed E-state index contributed by atoms with van der Waals surface area (Å²) >= 11 is 0. The maximum Gasteiger partial charge on any atom is 0.294 e. The average Bonchev–Trinajstić information content (AvgIpc) is 3.32. The van der Waals surface area contributed by atoms with Crippen LogP contribution in [0.4, 0.5) is 0 Å². The second kappa shape index (κ2) is 10.3. The van der Waals surface area contributed by atoms with E-state index >= 15 is 0 Å². The van der Waals surface area contributed by atoms with Crippen LogP contribution < -0.4 is 21.7 Å². The molecule has 39 heavy (non-hydrogen) atoms. The Kier molecular flexibility index (Phi) is 7.30. The molecule has 12 nitrogen and oxygen atoms in total. The van der Waals surface area contributed by atoms with E-state index in [4.69, 9.17) is 9.11 Å². The molecule has 0 aliphatic rings. The van der Waals surface area contributed by atoms with Gasteiger partial charge in [0, 0.05) is 5.69 Å². The van der Waals surface area contributed by atoms with Crippen LogP contribution in [0.1, 0.15) is 11.3 Å². The predicted octanol–water partition coefficient (Wildman–Crippen LogP) is 0.907. The lowest BCUT2D eigenvalue weighted by molar-refractivity contribution is 0.481. The van der Waals surface area contributed by atoms with E-state index < -0.39 is 25.8 Å². The molecule has 0 unspecified atom stereocenters. The van der Waals surface area contributed by atoms with E-state index in [0.29, 0.717) is 28.0 Å². The van der Waals surface area contributed by atoms with Crippen LogP contribution in [-0.4, -0.2) is 45.5 Å². The Morgan fingerprint density at radius 2 is 1.23 bits per heavy atom. The predicted molar refractivity (Wildman–Crippen MR) is 145 cm³/mol. The van der Waals surface area contributed by atoms with Crippen molar-refractivity contribution in [3.8, 4) is 11.4 Å². The molecule has 0 saturated carbocycles. The van der Waals surface area contributed by atoms with Gasteiger partial charge in [0.15, 0.2) is 0 Å². The Hall–Kier alpha value is -4.50. The van der Waals surface area contributed by atoms with Crippen molar-refractivity contribution in [2.75, 3.05) is 0 Å². The molecule has 0 aliphatic carbocycles. The van der Waals surface area contributed by atoms with Crippen LogP contribution in [0.3, 0.4) is 0 Å². The average molecular weight is 571 g/mol. The summed E-state index contributed by atoms with van der Waals surface area (Å²) in [5.74, 6) is 0. The molecular formula is C25H22N4O8S2. The third-order valence-electron chi connectivity index (χ3n) is 5.66. The second-order valence-electron chi connectivity index (χ2n) is 8.28. The fourth-order valence-electron chi connectivity index (χ4n) is 3.69. The monoisotopic (exact) mass is 570 g/mol. The lowest BCUT2D eigenvalue weighted by atomic mass is 10.2. The van der Waals surface area contributed by atoms with E-state index in [1.807, 2.05) is 0 Å². The third kappa shape index (κ3) is 5.83. The summed E-state index contributed by atoms with van der Waals surface area (Å²) in [4.78, 5) is 25.0. The molecule has 14 heteroatoms. The minimum atomic E-state index is -4.36. The highest BCUT2D eigenvalue weighted by molar-refractivity contribution is 7.86. The molecule has 2 aromatic heterocycles. The molecular weight excluding hydrogens is 548 g/mol. The summed E-state index contributed by atoms with van der Waals surface area (Å²) in [6.07, 6.45) is 7.87. The zero-order valence-electron chi connectivity index (χ0n) is 20.3. The molecule has 0 atom stereocenters. The number of H-pyrrole nitrogens is 2. The number of allylic oxidation sites excluding steroid dienone is 3. The van der Waals surface area contributed by atoms with Gasteiger partial charge < -0.3 is 0 Å². The van der Waals surface area contributed by atoms with Crippen LogP contribution in [0.5, 0.6) is 0 Å². The number of aryl methyl sites for hydroxylation is 1. The molecule has 0 bridgehead atoms. The molecule has 0 radical (unpaired) electrons. The summed E-state index contributed by atoms with van der Waals surface area (Å²) in [7, 11) is -8.71. The lowest BCUT2D eigenvalue weighted by Crippen LogP contribution is -2.33. The summed E-state index contributed by atoms with van der Waals surface area (Å²) < 4.78 is 65.5. The highest BCUT2D eigenvalue weighted by atomic mass is 32.2. The number of hydrogen-bond donors (Lipinski definition) is 4. The molecule has 0 spiro atoms. The molecule has 0 amide bonds. The molecule has 2 aromatic carbocycles. The van der Waals surface area contributed by atoms with Gasteiger partial charge in [-0.3, -0.25) is 28.9 Å². The first-order chi connectivity index (χ1) is 18.3. The topological polar surface area (TPSA) is 184 Å². The van der Waals surface area contributed by atoms with E-state index in [1.54, 1.807) is 31.2 Å². The van der Waals surface area contributed by atoms with E-state index in [1.165, 1.54) is 64.0 Å². The first kappa shape index (κ1) is 27.5. The van der Waals surface area contributed by atoms with Gasteiger partial charge in [0.05, 0.1) is 37.3 Å². The number of aromatic amines is 2. The van der Waals surface area contributed by atoms with Crippen molar-refractivity contribution in [3.05, 3.63) is 109 Å². The largest absolute Gasteiger partial charge is 0.295 e.